The Morgan fingerprint density at radius 1 is 1.22 bits per heavy atom. The van der Waals surface area contributed by atoms with Crippen molar-refractivity contribution in [2.75, 3.05) is 31.1 Å². The van der Waals surface area contributed by atoms with E-state index >= 15 is 0 Å². The summed E-state index contributed by atoms with van der Waals surface area (Å²) in [6.45, 7) is 4.32. The van der Waals surface area contributed by atoms with Crippen molar-refractivity contribution in [3.8, 4) is 0 Å². The van der Waals surface area contributed by atoms with Crippen LogP contribution in [0.4, 0.5) is 5.69 Å². The van der Waals surface area contributed by atoms with Crippen LogP contribution in [0.15, 0.2) is 29.3 Å². The van der Waals surface area contributed by atoms with E-state index in [1.807, 2.05) is 6.34 Å². The van der Waals surface area contributed by atoms with Crippen molar-refractivity contribution in [3.63, 3.8) is 0 Å². The van der Waals surface area contributed by atoms with E-state index in [1.54, 1.807) is 0 Å². The Bertz CT molecular complexity index is 422. The number of para-hydroxylation sites is 1. The van der Waals surface area contributed by atoms with Crippen LogP contribution in [0.25, 0.3) is 0 Å². The first kappa shape index (κ1) is 11.7. The van der Waals surface area contributed by atoms with Crippen LogP contribution in [-0.4, -0.2) is 32.5 Å². The molecule has 1 saturated heterocycles. The molecule has 3 heteroatoms. The van der Waals surface area contributed by atoms with Crippen molar-refractivity contribution >= 4 is 12.0 Å². The summed E-state index contributed by atoms with van der Waals surface area (Å²) in [6, 6.07) is 8.80. The van der Waals surface area contributed by atoms with Crippen LogP contribution in [0.5, 0.6) is 0 Å². The minimum absolute atomic E-state index is 0.840. The van der Waals surface area contributed by atoms with Gasteiger partial charge < -0.3 is 10.2 Å². The molecule has 1 aromatic carbocycles. The highest BCUT2D eigenvalue weighted by molar-refractivity contribution is 5.82. The van der Waals surface area contributed by atoms with Crippen LogP contribution in [0, 0.1) is 5.92 Å². The molecule has 0 atom stereocenters. The summed E-state index contributed by atoms with van der Waals surface area (Å²) in [4.78, 5) is 6.61. The maximum atomic E-state index is 4.32. The molecule has 2 aliphatic heterocycles. The van der Waals surface area contributed by atoms with Gasteiger partial charge in [-0.1, -0.05) is 18.2 Å². The third kappa shape index (κ3) is 2.56. The average molecular weight is 243 g/mol. The van der Waals surface area contributed by atoms with E-state index in [-0.39, 0.29) is 0 Å². The molecule has 0 radical (unpaired) electrons. The molecule has 0 aromatic heterocycles. The van der Waals surface area contributed by atoms with Crippen LogP contribution in [0.2, 0.25) is 0 Å². The van der Waals surface area contributed by atoms with Gasteiger partial charge in [0.1, 0.15) is 0 Å². The van der Waals surface area contributed by atoms with Gasteiger partial charge in [-0.2, -0.15) is 0 Å². The highest BCUT2D eigenvalue weighted by Gasteiger charge is 2.17. The molecule has 0 amide bonds. The lowest BCUT2D eigenvalue weighted by Gasteiger charge is -2.25. The number of nitrogens with one attached hydrogen (secondary N) is 1. The molecule has 2 heterocycles. The van der Waals surface area contributed by atoms with Gasteiger partial charge in [0.05, 0.1) is 12.9 Å². The van der Waals surface area contributed by atoms with Gasteiger partial charge in [0.2, 0.25) is 0 Å². The lowest BCUT2D eigenvalue weighted by atomic mass is 9.90. The smallest absolute Gasteiger partial charge is 0.0895 e. The van der Waals surface area contributed by atoms with Gasteiger partial charge in [0.15, 0.2) is 0 Å². The largest absolute Gasteiger partial charge is 0.331 e. The van der Waals surface area contributed by atoms with Crippen molar-refractivity contribution in [1.29, 1.82) is 0 Å². The molecule has 1 fully saturated rings. The highest BCUT2D eigenvalue weighted by Crippen LogP contribution is 2.26. The lowest BCUT2D eigenvalue weighted by Crippen LogP contribution is -2.29. The zero-order valence-corrected chi connectivity index (χ0v) is 10.8. The van der Waals surface area contributed by atoms with Crippen molar-refractivity contribution in [1.82, 2.24) is 5.32 Å². The molecule has 96 valence electrons. The van der Waals surface area contributed by atoms with Gasteiger partial charge in [-0.05, 0) is 49.9 Å². The molecule has 2 aliphatic rings. The third-order valence-corrected chi connectivity index (χ3v) is 3.96. The second kappa shape index (κ2) is 5.53. The molecular weight excluding hydrogens is 222 g/mol. The topological polar surface area (TPSA) is 27.6 Å². The predicted octanol–water partition coefficient (Wildman–Crippen LogP) is 2.08. The van der Waals surface area contributed by atoms with Gasteiger partial charge in [-0.25, -0.2) is 0 Å². The highest BCUT2D eigenvalue weighted by atomic mass is 15.2. The first-order valence-electron chi connectivity index (χ1n) is 6.99. The second-order valence-electron chi connectivity index (χ2n) is 5.24. The maximum absolute atomic E-state index is 4.32. The monoisotopic (exact) mass is 243 g/mol. The zero-order valence-electron chi connectivity index (χ0n) is 10.8. The van der Waals surface area contributed by atoms with E-state index in [2.05, 4.69) is 39.5 Å². The minimum Gasteiger partial charge on any atom is -0.331 e. The minimum atomic E-state index is 0.840. The molecule has 3 nitrogen and oxygen atoms in total. The summed E-state index contributed by atoms with van der Waals surface area (Å²) < 4.78 is 0. The fourth-order valence-electron chi connectivity index (χ4n) is 2.92. The Morgan fingerprint density at radius 2 is 2.06 bits per heavy atom. The average Bonchev–Trinajstić information content (AvgIpc) is 2.94. The van der Waals surface area contributed by atoms with Gasteiger partial charge >= 0.3 is 0 Å². The number of hydrogen-bond donors (Lipinski definition) is 1. The molecule has 0 unspecified atom stereocenters. The molecule has 1 N–H and O–H groups in total. The Hall–Kier alpha value is -1.35. The summed E-state index contributed by atoms with van der Waals surface area (Å²) >= 11 is 0. The van der Waals surface area contributed by atoms with Crippen molar-refractivity contribution in [3.05, 3.63) is 29.8 Å². The van der Waals surface area contributed by atoms with Crippen molar-refractivity contribution < 1.29 is 0 Å². The van der Waals surface area contributed by atoms with Gasteiger partial charge in [-0.15, -0.1) is 0 Å². The summed E-state index contributed by atoms with van der Waals surface area (Å²) in [6.07, 6.45) is 5.81. The summed E-state index contributed by atoms with van der Waals surface area (Å²) in [5.41, 5.74) is 2.84. The number of aliphatic imine (C=N–C) groups is 1. The van der Waals surface area contributed by atoms with E-state index in [1.165, 1.54) is 43.6 Å². The molecule has 0 aliphatic carbocycles. The van der Waals surface area contributed by atoms with Gasteiger partial charge in [0, 0.05) is 12.2 Å². The van der Waals surface area contributed by atoms with Crippen LogP contribution in [0.1, 0.15) is 18.4 Å². The zero-order chi connectivity index (χ0) is 12.2. The molecular formula is C15H21N3. The third-order valence-electron chi connectivity index (χ3n) is 3.96. The molecule has 1 aromatic rings. The number of anilines is 1. The van der Waals surface area contributed by atoms with E-state index in [0.717, 1.165) is 19.0 Å². The Labute approximate surface area is 109 Å². The summed E-state index contributed by atoms with van der Waals surface area (Å²) in [5.74, 6) is 0.840. The van der Waals surface area contributed by atoms with E-state index in [9.17, 15) is 0 Å². The molecule has 0 saturated carbocycles. The number of nitrogens with zero attached hydrogens (tertiary/aromatic N) is 2. The number of piperidine rings is 1. The van der Waals surface area contributed by atoms with Crippen LogP contribution < -0.4 is 10.2 Å². The van der Waals surface area contributed by atoms with Crippen molar-refractivity contribution in [2.24, 2.45) is 10.9 Å². The maximum Gasteiger partial charge on any atom is 0.0895 e. The number of hydrogen-bond acceptors (Lipinski definition) is 3. The summed E-state index contributed by atoms with van der Waals surface area (Å²) in [7, 11) is 0. The number of rotatable bonds is 3. The van der Waals surface area contributed by atoms with Crippen LogP contribution >= 0.6 is 0 Å². The van der Waals surface area contributed by atoms with Crippen LogP contribution in [-0.2, 0) is 6.42 Å². The van der Waals surface area contributed by atoms with E-state index in [4.69, 9.17) is 0 Å². The van der Waals surface area contributed by atoms with E-state index in [0.29, 0.717) is 0 Å². The molecule has 18 heavy (non-hydrogen) atoms. The number of benzene rings is 1. The van der Waals surface area contributed by atoms with Gasteiger partial charge in [0.25, 0.3) is 0 Å². The quantitative estimate of drug-likeness (QED) is 0.880. The predicted molar refractivity (Wildman–Crippen MR) is 76.4 cm³/mol. The first-order chi connectivity index (χ1) is 8.93. The Balaban J connectivity index is 1.75. The normalized spacial score (nSPS) is 20.6. The fraction of sp³-hybridized carbons (Fsp3) is 0.533. The standard InChI is InChI=1S/C15H21N3/c1-2-4-15(18-10-9-17-12-18)14(3-1)11-13-5-7-16-8-6-13/h1-4,12-13,16H,5-11H2. The Kier molecular flexibility index (Phi) is 3.60. The van der Waals surface area contributed by atoms with E-state index < -0.39 is 0 Å². The SMILES string of the molecule is C1=NCCN1c1ccccc1CC1CCNCC1. The molecule has 3 rings (SSSR count). The lowest BCUT2D eigenvalue weighted by molar-refractivity contribution is 0.373. The van der Waals surface area contributed by atoms with Gasteiger partial charge in [-0.3, -0.25) is 4.99 Å². The molecule has 0 bridgehead atoms. The van der Waals surface area contributed by atoms with Crippen LogP contribution in [0.3, 0.4) is 0 Å². The van der Waals surface area contributed by atoms with Crippen molar-refractivity contribution in [2.45, 2.75) is 19.3 Å². The second-order valence-corrected chi connectivity index (χ2v) is 5.24. The fourth-order valence-corrected chi connectivity index (χ4v) is 2.92. The first-order valence-corrected chi connectivity index (χ1v) is 6.99. The Morgan fingerprint density at radius 3 is 2.83 bits per heavy atom. The summed E-state index contributed by atoms with van der Waals surface area (Å²) in [5, 5.41) is 3.44. The molecule has 0 spiro atoms.